The maximum absolute atomic E-state index is 5.16. The molecule has 0 saturated heterocycles. The molecular weight excluding hydrogens is 667 g/mol. The molecule has 6 aromatic rings. The van der Waals surface area contributed by atoms with Gasteiger partial charge >= 0.3 is 0 Å². The molecule has 0 atom stereocenters. The van der Waals surface area contributed by atoms with E-state index in [0.29, 0.717) is 29.1 Å². The Morgan fingerprint density at radius 2 is 0.648 bits per heavy atom. The van der Waals surface area contributed by atoms with Crippen LogP contribution in [0.2, 0.25) is 0 Å². The smallest absolute Gasteiger partial charge is 0.164 e. The monoisotopic (exact) mass is 721 g/mol. The first-order valence-corrected chi connectivity index (χ1v) is 18.8. The largest absolute Gasteiger partial charge is 0.217 e. The molecule has 0 bridgehead atoms. The lowest BCUT2D eigenvalue weighted by molar-refractivity contribution is 0.497. The zero-order valence-electron chi connectivity index (χ0n) is 34.8. The summed E-state index contributed by atoms with van der Waals surface area (Å²) in [6.45, 7) is 31.9. The molecule has 0 spiro atoms. The van der Waals surface area contributed by atoms with Gasteiger partial charge in [0.1, 0.15) is 29.1 Å². The molecule has 9 heteroatoms. The Labute approximate surface area is 321 Å². The summed E-state index contributed by atoms with van der Waals surface area (Å²) < 4.78 is 0. The van der Waals surface area contributed by atoms with Crippen LogP contribution in [-0.4, -0.2) is 44.9 Å². The maximum Gasteiger partial charge on any atom is 0.164 e. The number of fused-ring (bicyclic) bond motifs is 1. The SMILES string of the molecule is CC(C)(C)c1nc(-c2ccc(-c3nc(C(C)(C)C)nc(C(C)(C)C)n3)cc2)nc(-c2cc(-c3nc(C(C)(C)C)nc(C(C)(C)C)n3)cc3ccccc23)n1. The van der Waals surface area contributed by atoms with Crippen molar-refractivity contribution in [3.8, 4) is 45.6 Å². The normalized spacial score (nSPS) is 13.1. The van der Waals surface area contributed by atoms with Crippen molar-refractivity contribution < 1.29 is 0 Å². The lowest BCUT2D eigenvalue weighted by atomic mass is 9.92. The van der Waals surface area contributed by atoms with Crippen molar-refractivity contribution in [1.82, 2.24) is 44.9 Å². The number of nitrogens with zero attached hydrogens (tertiary/aromatic N) is 9. The van der Waals surface area contributed by atoms with Crippen molar-refractivity contribution >= 4 is 10.8 Å². The van der Waals surface area contributed by atoms with E-state index >= 15 is 0 Å². The van der Waals surface area contributed by atoms with Gasteiger partial charge in [0.15, 0.2) is 23.3 Å². The molecule has 0 unspecified atom stereocenters. The molecular formula is C45H55N9. The second-order valence-corrected chi connectivity index (χ2v) is 19.5. The Morgan fingerprint density at radius 1 is 0.315 bits per heavy atom. The Hall–Kier alpha value is -5.05. The minimum atomic E-state index is -0.338. The van der Waals surface area contributed by atoms with Gasteiger partial charge in [-0.2, -0.15) is 0 Å². The summed E-state index contributed by atoms with van der Waals surface area (Å²) in [6.07, 6.45) is 0. The van der Waals surface area contributed by atoms with Gasteiger partial charge in [-0.25, -0.2) is 44.9 Å². The van der Waals surface area contributed by atoms with E-state index in [-0.39, 0.29) is 27.1 Å². The first kappa shape index (κ1) is 38.7. The highest BCUT2D eigenvalue weighted by Gasteiger charge is 2.28. The molecule has 0 saturated carbocycles. The second kappa shape index (κ2) is 13.4. The Morgan fingerprint density at radius 3 is 1.06 bits per heavy atom. The average molecular weight is 722 g/mol. The van der Waals surface area contributed by atoms with Crippen molar-refractivity contribution in [2.24, 2.45) is 0 Å². The maximum atomic E-state index is 5.16. The average Bonchev–Trinajstić information content (AvgIpc) is 3.08. The number of benzene rings is 3. The summed E-state index contributed by atoms with van der Waals surface area (Å²) in [4.78, 5) is 45.0. The van der Waals surface area contributed by atoms with Gasteiger partial charge in [-0.1, -0.05) is 152 Å². The van der Waals surface area contributed by atoms with Gasteiger partial charge in [0.25, 0.3) is 0 Å². The fraction of sp³-hybridized carbons (Fsp3) is 0.444. The zero-order chi connectivity index (χ0) is 39.6. The lowest BCUT2D eigenvalue weighted by Gasteiger charge is -2.23. The van der Waals surface area contributed by atoms with Crippen LogP contribution in [0.3, 0.4) is 0 Å². The summed E-state index contributed by atoms with van der Waals surface area (Å²) >= 11 is 0. The van der Waals surface area contributed by atoms with Crippen LogP contribution in [0.25, 0.3) is 56.3 Å². The van der Waals surface area contributed by atoms with Gasteiger partial charge in [-0.05, 0) is 22.9 Å². The topological polar surface area (TPSA) is 116 Å². The summed E-state index contributed by atoms with van der Waals surface area (Å²) in [5.74, 6) is 6.24. The van der Waals surface area contributed by atoms with Crippen molar-refractivity contribution in [3.05, 3.63) is 89.8 Å². The zero-order valence-corrected chi connectivity index (χ0v) is 34.8. The third kappa shape index (κ3) is 8.20. The van der Waals surface area contributed by atoms with E-state index in [1.54, 1.807) is 0 Å². The van der Waals surface area contributed by atoms with Crippen LogP contribution in [0.15, 0.2) is 60.7 Å². The summed E-state index contributed by atoms with van der Waals surface area (Å²) in [5.41, 5.74) is 2.24. The van der Waals surface area contributed by atoms with Crippen molar-refractivity contribution in [1.29, 1.82) is 0 Å². The Balaban J connectivity index is 1.52. The standard InChI is InChI=1S/C45H55N9/c1-41(2,3)36-47-32(26-20-22-27(23-21-26)33-48-37(42(4,5)6)53-38(49-33)43(7,8)9)46-35(52-36)31-25-29(24-28-18-16-17-19-30(28)31)34-50-39(44(10,11)12)54-40(51-34)45(13,14)15/h16-25H,1-15H3. The van der Waals surface area contributed by atoms with Crippen LogP contribution in [0.4, 0.5) is 0 Å². The minimum Gasteiger partial charge on any atom is -0.217 e. The fourth-order valence-corrected chi connectivity index (χ4v) is 5.71. The van der Waals surface area contributed by atoms with Crippen LogP contribution < -0.4 is 0 Å². The van der Waals surface area contributed by atoms with Crippen LogP contribution in [0.5, 0.6) is 0 Å². The van der Waals surface area contributed by atoms with Gasteiger partial charge in [0, 0.05) is 49.3 Å². The number of rotatable bonds is 4. The van der Waals surface area contributed by atoms with Crippen LogP contribution in [0, 0.1) is 0 Å². The second-order valence-electron chi connectivity index (χ2n) is 19.5. The van der Waals surface area contributed by atoms with Gasteiger partial charge in [-0.3, -0.25) is 0 Å². The van der Waals surface area contributed by atoms with E-state index in [1.807, 2.05) is 36.4 Å². The molecule has 3 heterocycles. The molecule has 9 nitrogen and oxygen atoms in total. The van der Waals surface area contributed by atoms with E-state index in [1.165, 1.54) is 0 Å². The van der Waals surface area contributed by atoms with E-state index in [9.17, 15) is 0 Å². The van der Waals surface area contributed by atoms with E-state index in [2.05, 4.69) is 128 Å². The highest BCUT2D eigenvalue weighted by Crippen LogP contribution is 2.36. The Bertz CT molecular complexity index is 2280. The molecule has 0 aliphatic carbocycles. The van der Waals surface area contributed by atoms with Gasteiger partial charge in [-0.15, -0.1) is 0 Å². The third-order valence-electron chi connectivity index (χ3n) is 9.02. The fourth-order valence-electron chi connectivity index (χ4n) is 5.71. The molecule has 0 amide bonds. The van der Waals surface area contributed by atoms with Crippen LogP contribution in [0.1, 0.15) is 133 Å². The van der Waals surface area contributed by atoms with Gasteiger partial charge in [0.2, 0.25) is 0 Å². The Kier molecular flexibility index (Phi) is 9.57. The predicted octanol–water partition coefficient (Wildman–Crippen LogP) is 10.6. The lowest BCUT2D eigenvalue weighted by Crippen LogP contribution is -2.24. The molecule has 0 aliphatic heterocycles. The van der Waals surface area contributed by atoms with Crippen LogP contribution >= 0.6 is 0 Å². The molecule has 0 N–H and O–H groups in total. The summed E-state index contributed by atoms with van der Waals surface area (Å²) in [6, 6.07) is 20.8. The first-order chi connectivity index (χ1) is 24.9. The number of aromatic nitrogens is 9. The molecule has 54 heavy (non-hydrogen) atoms. The number of hydrogen-bond donors (Lipinski definition) is 0. The minimum absolute atomic E-state index is 0.225. The molecule has 280 valence electrons. The summed E-state index contributed by atoms with van der Waals surface area (Å²) in [7, 11) is 0. The van der Waals surface area contributed by atoms with Crippen LogP contribution in [-0.2, 0) is 27.1 Å². The molecule has 0 aliphatic rings. The molecule has 3 aromatic heterocycles. The molecule has 0 fully saturated rings. The summed E-state index contributed by atoms with van der Waals surface area (Å²) in [5, 5.41) is 2.08. The van der Waals surface area contributed by atoms with E-state index in [4.69, 9.17) is 44.9 Å². The van der Waals surface area contributed by atoms with Crippen molar-refractivity contribution in [3.63, 3.8) is 0 Å². The number of hydrogen-bond acceptors (Lipinski definition) is 9. The quantitative estimate of drug-likeness (QED) is 0.175. The van der Waals surface area contributed by atoms with Gasteiger partial charge in [0.05, 0.1) is 0 Å². The van der Waals surface area contributed by atoms with E-state index < -0.39 is 0 Å². The first-order valence-electron chi connectivity index (χ1n) is 18.8. The molecule has 3 aromatic carbocycles. The van der Waals surface area contributed by atoms with Gasteiger partial charge < -0.3 is 0 Å². The predicted molar refractivity (Wildman–Crippen MR) is 219 cm³/mol. The van der Waals surface area contributed by atoms with Crippen molar-refractivity contribution in [2.75, 3.05) is 0 Å². The molecule has 0 radical (unpaired) electrons. The molecule has 6 rings (SSSR count). The van der Waals surface area contributed by atoms with Crippen molar-refractivity contribution in [2.45, 2.75) is 131 Å². The highest BCUT2D eigenvalue weighted by atomic mass is 15.1. The van der Waals surface area contributed by atoms with E-state index in [0.717, 1.165) is 56.3 Å². The third-order valence-corrected chi connectivity index (χ3v) is 9.02. The highest BCUT2D eigenvalue weighted by molar-refractivity contribution is 5.98.